The molecular weight excluding hydrogens is 619 g/mol. The summed E-state index contributed by atoms with van der Waals surface area (Å²) in [4.78, 5) is 20.0. The maximum absolute atomic E-state index is 14.0. The molecule has 42 heavy (non-hydrogen) atoms. The Bertz CT molecular complexity index is 1740. The number of carbonyl (C=O) groups is 1. The summed E-state index contributed by atoms with van der Waals surface area (Å²) in [6.45, 7) is 2.53. The van der Waals surface area contributed by atoms with Gasteiger partial charge in [-0.2, -0.15) is 20.5 Å². The number of hydrogen-bond donors (Lipinski definition) is 0. The monoisotopic (exact) mass is 644 g/mol. The molecule has 1 aliphatic rings. The molecule has 13 heteroatoms. The lowest BCUT2D eigenvalue weighted by molar-refractivity contribution is 0.0622. The lowest BCUT2D eigenvalue weighted by Crippen LogP contribution is -2.48. The van der Waals surface area contributed by atoms with E-state index in [2.05, 4.69) is 9.88 Å². The van der Waals surface area contributed by atoms with Gasteiger partial charge in [-0.3, -0.25) is 14.7 Å². The zero-order valence-corrected chi connectivity index (χ0v) is 25.3. The van der Waals surface area contributed by atoms with Crippen LogP contribution < -0.4 is 3.71 Å². The minimum absolute atomic E-state index is 0.0868. The topological polar surface area (TPSA) is 108 Å². The van der Waals surface area contributed by atoms with Crippen molar-refractivity contribution in [3.63, 3.8) is 0 Å². The van der Waals surface area contributed by atoms with Crippen LogP contribution in [0.1, 0.15) is 16.1 Å². The number of carbonyl (C=O) groups excluding carboxylic acids is 1. The number of amides is 1. The third kappa shape index (κ3) is 6.16. The third-order valence-electron chi connectivity index (χ3n) is 6.74. The van der Waals surface area contributed by atoms with E-state index < -0.39 is 20.0 Å². The first-order valence-electron chi connectivity index (χ1n) is 12.9. The number of halogens is 2. The lowest BCUT2D eigenvalue weighted by Gasteiger charge is -2.34. The number of nitrogens with zero attached hydrogens (tertiary/aromatic N) is 4. The van der Waals surface area contributed by atoms with E-state index in [1.807, 2.05) is 0 Å². The zero-order chi connectivity index (χ0) is 29.9. The molecule has 0 atom stereocenters. The Morgan fingerprint density at radius 1 is 0.738 bits per heavy atom. The van der Waals surface area contributed by atoms with Crippen LogP contribution in [-0.2, 0) is 26.6 Å². The van der Waals surface area contributed by atoms with Gasteiger partial charge in [0, 0.05) is 38.9 Å². The smallest absolute Gasteiger partial charge is 0.279 e. The van der Waals surface area contributed by atoms with Gasteiger partial charge in [0.05, 0.1) is 15.7 Å². The Labute approximate surface area is 255 Å². The van der Waals surface area contributed by atoms with Crippen molar-refractivity contribution < 1.29 is 21.6 Å². The lowest BCUT2D eigenvalue weighted by atomic mass is 10.1. The summed E-state index contributed by atoms with van der Waals surface area (Å²) in [5.41, 5.74) is 0.986. The average molecular weight is 646 g/mol. The number of hydrogen-bond acceptors (Lipinski definition) is 7. The summed E-state index contributed by atoms with van der Waals surface area (Å²) in [6, 6.07) is 22.8. The van der Waals surface area contributed by atoms with Crippen LogP contribution in [0.2, 0.25) is 10.0 Å². The van der Waals surface area contributed by atoms with Crippen LogP contribution in [0, 0.1) is 0 Å². The highest BCUT2D eigenvalue weighted by molar-refractivity contribution is 8.10. The molecule has 1 fully saturated rings. The Morgan fingerprint density at radius 2 is 1.31 bits per heavy atom. The van der Waals surface area contributed by atoms with Crippen LogP contribution in [0.25, 0.3) is 0 Å². The van der Waals surface area contributed by atoms with Gasteiger partial charge in [-0.05, 0) is 54.1 Å². The van der Waals surface area contributed by atoms with Gasteiger partial charge >= 0.3 is 0 Å². The molecular formula is C29H26Cl2N4O5S2. The fourth-order valence-electron chi connectivity index (χ4n) is 4.68. The van der Waals surface area contributed by atoms with Crippen LogP contribution in [-0.4, -0.2) is 63.7 Å². The summed E-state index contributed by atoms with van der Waals surface area (Å²) in [5.74, 6) is -0.137. The molecule has 1 aromatic heterocycles. The van der Waals surface area contributed by atoms with Crippen molar-refractivity contribution in [2.45, 2.75) is 16.3 Å². The SMILES string of the molecule is O=C(c1ccccn1)N1CCN(Cc2cccc(N(S(=O)(=O)c3ccccc3Cl)S(=O)(=O)c3ccccc3Cl)c2)CC1. The largest absolute Gasteiger partial charge is 0.335 e. The van der Waals surface area contributed by atoms with Crippen molar-refractivity contribution in [1.82, 2.24) is 14.8 Å². The summed E-state index contributed by atoms with van der Waals surface area (Å²) in [6.07, 6.45) is 1.58. The van der Waals surface area contributed by atoms with Crippen molar-refractivity contribution >= 4 is 54.8 Å². The molecule has 1 aliphatic heterocycles. The molecule has 5 rings (SSSR count). The second-order valence-electron chi connectivity index (χ2n) is 9.52. The number of sulfonamides is 2. The highest BCUT2D eigenvalue weighted by Gasteiger charge is 2.39. The predicted octanol–water partition coefficient (Wildman–Crippen LogP) is 4.93. The second-order valence-corrected chi connectivity index (χ2v) is 14.1. The average Bonchev–Trinajstić information content (AvgIpc) is 2.98. The van der Waals surface area contributed by atoms with Crippen LogP contribution in [0.5, 0.6) is 0 Å². The number of benzene rings is 3. The van der Waals surface area contributed by atoms with Crippen molar-refractivity contribution in [3.8, 4) is 0 Å². The molecule has 2 heterocycles. The van der Waals surface area contributed by atoms with Crippen LogP contribution >= 0.6 is 23.2 Å². The molecule has 0 aliphatic carbocycles. The highest BCUT2D eigenvalue weighted by atomic mass is 35.5. The molecule has 4 aromatic rings. The minimum Gasteiger partial charge on any atom is -0.335 e. The van der Waals surface area contributed by atoms with Crippen molar-refractivity contribution in [1.29, 1.82) is 0 Å². The van der Waals surface area contributed by atoms with Crippen LogP contribution in [0.15, 0.2) is 107 Å². The molecule has 218 valence electrons. The van der Waals surface area contributed by atoms with Gasteiger partial charge in [0.15, 0.2) is 0 Å². The predicted molar refractivity (Wildman–Crippen MR) is 162 cm³/mol. The van der Waals surface area contributed by atoms with E-state index in [-0.39, 0.29) is 31.4 Å². The quantitative estimate of drug-likeness (QED) is 0.268. The Balaban J connectivity index is 1.44. The van der Waals surface area contributed by atoms with E-state index in [4.69, 9.17) is 23.2 Å². The molecule has 0 spiro atoms. The summed E-state index contributed by atoms with van der Waals surface area (Å²) in [7, 11) is -9.42. The van der Waals surface area contributed by atoms with Crippen LogP contribution in [0.4, 0.5) is 5.69 Å². The number of rotatable bonds is 8. The normalized spacial score (nSPS) is 14.5. The van der Waals surface area contributed by atoms with E-state index in [9.17, 15) is 21.6 Å². The number of pyridine rings is 1. The standard InChI is InChI=1S/C29H26Cl2N4O5S2/c30-24-10-1-3-13-27(24)41(37,38)35(42(39,40)28-14-4-2-11-25(28)31)23-9-7-8-22(20-23)21-33-16-18-34(19-17-33)29(36)26-12-5-6-15-32-26/h1-15,20H,16-19,21H2. The van der Waals surface area contributed by atoms with Gasteiger partial charge in [0.2, 0.25) is 0 Å². The fraction of sp³-hybridized carbons (Fsp3) is 0.172. The summed E-state index contributed by atoms with van der Waals surface area (Å²) in [5, 5.41) is -0.239. The molecule has 1 saturated heterocycles. The Morgan fingerprint density at radius 3 is 1.86 bits per heavy atom. The fourth-order valence-corrected chi connectivity index (χ4v) is 9.32. The van der Waals surface area contributed by atoms with E-state index in [0.717, 1.165) is 0 Å². The molecule has 0 unspecified atom stereocenters. The maximum Gasteiger partial charge on any atom is 0.279 e. The number of aromatic nitrogens is 1. The third-order valence-corrected chi connectivity index (χ3v) is 11.9. The maximum atomic E-state index is 14.0. The first kappa shape index (κ1) is 30.0. The molecule has 0 radical (unpaired) electrons. The molecule has 0 saturated carbocycles. The minimum atomic E-state index is -4.71. The molecule has 1 amide bonds. The van der Waals surface area contributed by atoms with Gasteiger partial charge < -0.3 is 4.90 Å². The van der Waals surface area contributed by atoms with Gasteiger partial charge in [-0.15, -0.1) is 0 Å². The van der Waals surface area contributed by atoms with E-state index in [1.165, 1.54) is 48.5 Å². The molecule has 0 bridgehead atoms. The summed E-state index contributed by atoms with van der Waals surface area (Å²) >= 11 is 12.5. The van der Waals surface area contributed by atoms with E-state index >= 15 is 0 Å². The van der Waals surface area contributed by atoms with Gasteiger partial charge in [-0.1, -0.05) is 65.7 Å². The first-order chi connectivity index (χ1) is 20.1. The van der Waals surface area contributed by atoms with Crippen LogP contribution in [0.3, 0.4) is 0 Å². The zero-order valence-electron chi connectivity index (χ0n) is 22.2. The van der Waals surface area contributed by atoms with Crippen molar-refractivity contribution in [2.75, 3.05) is 29.9 Å². The van der Waals surface area contributed by atoms with Gasteiger partial charge in [0.1, 0.15) is 15.5 Å². The second kappa shape index (κ2) is 12.4. The van der Waals surface area contributed by atoms with Crippen molar-refractivity contribution in [3.05, 3.63) is 118 Å². The van der Waals surface area contributed by atoms with Crippen molar-refractivity contribution in [2.24, 2.45) is 0 Å². The van der Waals surface area contributed by atoms with Gasteiger partial charge in [0.25, 0.3) is 26.0 Å². The number of piperazine rings is 1. The van der Waals surface area contributed by atoms with Gasteiger partial charge in [-0.25, -0.2) is 0 Å². The van der Waals surface area contributed by atoms with E-state index in [1.54, 1.807) is 53.6 Å². The first-order valence-corrected chi connectivity index (χ1v) is 16.5. The highest BCUT2D eigenvalue weighted by Crippen LogP contribution is 2.36. The summed E-state index contributed by atoms with van der Waals surface area (Å²) < 4.78 is 56.3. The van der Waals surface area contributed by atoms with E-state index in [0.29, 0.717) is 47.7 Å². The molecule has 0 N–H and O–H groups in total. The molecule has 3 aromatic carbocycles. The molecule has 9 nitrogen and oxygen atoms in total. The Kier molecular flexibility index (Phi) is 8.86. The Hall–Kier alpha value is -3.48. The number of anilines is 1.